The number of aromatic nitrogens is 1. The lowest BCUT2D eigenvalue weighted by Gasteiger charge is -2.32. The first-order valence-corrected chi connectivity index (χ1v) is 10.3. The summed E-state index contributed by atoms with van der Waals surface area (Å²) in [7, 11) is 1.66. The van der Waals surface area contributed by atoms with E-state index in [0.717, 1.165) is 37.1 Å². The van der Waals surface area contributed by atoms with Crippen LogP contribution in [-0.4, -0.2) is 57.1 Å². The van der Waals surface area contributed by atoms with E-state index < -0.39 is 0 Å². The molecule has 1 aliphatic rings. The van der Waals surface area contributed by atoms with Crippen molar-refractivity contribution in [1.82, 2.24) is 10.3 Å². The second-order valence-electron chi connectivity index (χ2n) is 6.37. The van der Waals surface area contributed by atoms with Gasteiger partial charge in [0.1, 0.15) is 29.9 Å². The fraction of sp³-hybridized carbons (Fsp3) is 0.400. The number of amides is 1. The molecule has 1 aromatic carbocycles. The van der Waals surface area contributed by atoms with E-state index in [1.54, 1.807) is 19.4 Å². The molecule has 1 aliphatic heterocycles. The molecule has 0 saturated carbocycles. The molecule has 1 fully saturated rings. The first-order valence-electron chi connectivity index (χ1n) is 9.06. The fourth-order valence-corrected chi connectivity index (χ4v) is 3.88. The van der Waals surface area contributed by atoms with Crippen molar-refractivity contribution in [2.75, 3.05) is 46.2 Å². The number of hydrogen-bond donors (Lipinski definition) is 2. The van der Waals surface area contributed by atoms with E-state index >= 15 is 0 Å². The molecule has 2 aromatic rings. The molecule has 1 saturated heterocycles. The zero-order chi connectivity index (χ0) is 19.1. The van der Waals surface area contributed by atoms with Crippen molar-refractivity contribution >= 4 is 17.7 Å². The molecule has 0 bridgehead atoms. The molecule has 6 nitrogen and oxygen atoms in total. The van der Waals surface area contributed by atoms with Crippen LogP contribution in [0.5, 0.6) is 5.75 Å². The molecule has 0 spiro atoms. The number of methoxy groups -OCH3 is 1. The number of rotatable bonds is 7. The van der Waals surface area contributed by atoms with Crippen molar-refractivity contribution in [1.29, 1.82) is 0 Å². The van der Waals surface area contributed by atoms with Gasteiger partial charge in [0.05, 0.1) is 32.4 Å². The zero-order valence-corrected chi connectivity index (χ0v) is 16.6. The molecule has 1 aromatic heterocycles. The van der Waals surface area contributed by atoms with E-state index in [1.165, 1.54) is 22.2 Å². The van der Waals surface area contributed by atoms with Gasteiger partial charge in [-0.3, -0.25) is 4.79 Å². The van der Waals surface area contributed by atoms with Crippen LogP contribution in [0.3, 0.4) is 0 Å². The third kappa shape index (κ3) is 5.00. The van der Waals surface area contributed by atoms with Crippen LogP contribution in [0.1, 0.15) is 22.0 Å². The van der Waals surface area contributed by atoms with Gasteiger partial charge in [-0.1, -0.05) is 0 Å². The molecule has 0 radical (unpaired) electrons. The van der Waals surface area contributed by atoms with E-state index in [4.69, 9.17) is 9.47 Å². The molecule has 2 heterocycles. The van der Waals surface area contributed by atoms with Crippen molar-refractivity contribution in [2.24, 2.45) is 0 Å². The number of thioether (sulfide) groups is 1. The summed E-state index contributed by atoms with van der Waals surface area (Å²) in [4.78, 5) is 18.4. The van der Waals surface area contributed by atoms with Crippen LogP contribution in [0.25, 0.3) is 0 Å². The smallest absolute Gasteiger partial charge is 0.254 e. The molecule has 0 aliphatic carbocycles. The summed E-state index contributed by atoms with van der Waals surface area (Å²) in [5.41, 5.74) is 1.81. The lowest BCUT2D eigenvalue weighted by molar-refractivity contribution is -0.937. The monoisotopic (exact) mass is 388 g/mol. The van der Waals surface area contributed by atoms with E-state index in [1.807, 2.05) is 24.5 Å². The van der Waals surface area contributed by atoms with E-state index in [-0.39, 0.29) is 11.9 Å². The van der Waals surface area contributed by atoms with Crippen LogP contribution in [0.15, 0.2) is 47.6 Å². The van der Waals surface area contributed by atoms with Crippen LogP contribution in [0.4, 0.5) is 0 Å². The van der Waals surface area contributed by atoms with Gasteiger partial charge in [0.25, 0.3) is 5.91 Å². The summed E-state index contributed by atoms with van der Waals surface area (Å²) in [6, 6.07) is 11.9. The van der Waals surface area contributed by atoms with Crippen LogP contribution in [-0.2, 0) is 4.74 Å². The minimum atomic E-state index is -0.0846. The van der Waals surface area contributed by atoms with Crippen molar-refractivity contribution in [3.05, 3.63) is 53.7 Å². The lowest BCUT2D eigenvalue weighted by atomic mass is 10.0. The van der Waals surface area contributed by atoms with Gasteiger partial charge >= 0.3 is 0 Å². The zero-order valence-electron chi connectivity index (χ0n) is 15.7. The molecule has 0 unspecified atom stereocenters. The van der Waals surface area contributed by atoms with Gasteiger partial charge in [-0.2, -0.15) is 0 Å². The molecular weight excluding hydrogens is 362 g/mol. The Morgan fingerprint density at radius 2 is 2.04 bits per heavy atom. The summed E-state index contributed by atoms with van der Waals surface area (Å²) in [6.07, 6.45) is 3.64. The maximum atomic E-state index is 12.7. The maximum Gasteiger partial charge on any atom is 0.254 e. The third-order valence-corrected chi connectivity index (χ3v) is 5.53. The largest absolute Gasteiger partial charge is 0.497 e. The second kappa shape index (κ2) is 9.73. The average molecular weight is 389 g/mol. The molecule has 1 amide bonds. The van der Waals surface area contributed by atoms with Crippen molar-refractivity contribution < 1.29 is 19.2 Å². The molecule has 3 rings (SSSR count). The van der Waals surface area contributed by atoms with Crippen LogP contribution < -0.4 is 15.0 Å². The molecular formula is C20H26N3O3S+. The number of benzene rings is 1. The number of carbonyl (C=O) groups is 1. The Kier molecular flexibility index (Phi) is 7.09. The van der Waals surface area contributed by atoms with Crippen molar-refractivity contribution in [2.45, 2.75) is 11.1 Å². The highest BCUT2D eigenvalue weighted by molar-refractivity contribution is 7.98. The number of hydrogen-bond acceptors (Lipinski definition) is 5. The van der Waals surface area contributed by atoms with E-state index in [2.05, 4.69) is 22.4 Å². The molecule has 27 heavy (non-hydrogen) atoms. The van der Waals surface area contributed by atoms with E-state index in [9.17, 15) is 4.79 Å². The number of nitrogens with one attached hydrogen (secondary N) is 2. The number of morpholine rings is 1. The number of quaternary nitrogens is 1. The Balaban J connectivity index is 1.75. The van der Waals surface area contributed by atoms with Gasteiger partial charge in [-0.15, -0.1) is 11.8 Å². The van der Waals surface area contributed by atoms with E-state index in [0.29, 0.717) is 12.1 Å². The fourth-order valence-electron chi connectivity index (χ4n) is 3.33. The summed E-state index contributed by atoms with van der Waals surface area (Å²) in [5, 5.41) is 3.86. The third-order valence-electron chi connectivity index (χ3n) is 4.82. The van der Waals surface area contributed by atoms with Crippen LogP contribution in [0, 0.1) is 0 Å². The Hall–Kier alpha value is -2.09. The van der Waals surface area contributed by atoms with Gasteiger partial charge in [-0.25, -0.2) is 4.98 Å². The highest BCUT2D eigenvalue weighted by atomic mass is 32.2. The Morgan fingerprint density at radius 1 is 1.30 bits per heavy atom. The van der Waals surface area contributed by atoms with Gasteiger partial charge in [0.2, 0.25) is 0 Å². The maximum absolute atomic E-state index is 12.7. The molecule has 2 N–H and O–H groups in total. The van der Waals surface area contributed by atoms with Gasteiger partial charge in [-0.05, 0) is 42.7 Å². The first-order chi connectivity index (χ1) is 13.2. The summed E-state index contributed by atoms with van der Waals surface area (Å²) >= 11 is 1.48. The molecule has 144 valence electrons. The molecule has 7 heteroatoms. The highest BCUT2D eigenvalue weighted by Gasteiger charge is 2.27. The average Bonchev–Trinajstić information content (AvgIpc) is 2.75. The Bertz CT molecular complexity index is 748. The Morgan fingerprint density at radius 3 is 2.70 bits per heavy atom. The van der Waals surface area contributed by atoms with Gasteiger partial charge in [0.15, 0.2) is 0 Å². The minimum absolute atomic E-state index is 0.0846. The topological polar surface area (TPSA) is 64.9 Å². The summed E-state index contributed by atoms with van der Waals surface area (Å²) in [5.74, 6) is 0.747. The van der Waals surface area contributed by atoms with Crippen LogP contribution >= 0.6 is 11.8 Å². The SMILES string of the molecule is COc1ccc([C@H](CNC(=O)c2cccnc2SC)[NH+]2CCOCC2)cc1. The highest BCUT2D eigenvalue weighted by Crippen LogP contribution is 2.18. The van der Waals surface area contributed by atoms with Crippen molar-refractivity contribution in [3.8, 4) is 5.75 Å². The number of pyridine rings is 1. The molecule has 1 atom stereocenters. The predicted octanol–water partition coefficient (Wildman–Crippen LogP) is 1.20. The Labute approximate surface area is 164 Å². The van der Waals surface area contributed by atoms with Crippen LogP contribution in [0.2, 0.25) is 0 Å². The number of ether oxygens (including phenoxy) is 2. The lowest BCUT2D eigenvalue weighted by Crippen LogP contribution is -3.15. The first kappa shape index (κ1) is 19.7. The van der Waals surface area contributed by atoms with Gasteiger partial charge < -0.3 is 19.7 Å². The standard InChI is InChI=1S/C20H25N3O3S/c1-25-16-7-5-15(6-8-16)18(23-10-12-26-13-11-23)14-22-19(24)17-4-3-9-21-20(17)27-2/h3-9,18H,10-14H2,1-2H3,(H,22,24)/p+1/t18-/m0/s1. The van der Waals surface area contributed by atoms with Crippen molar-refractivity contribution in [3.63, 3.8) is 0 Å². The summed E-state index contributed by atoms with van der Waals surface area (Å²) in [6.45, 7) is 3.90. The van der Waals surface area contributed by atoms with Gasteiger partial charge in [0, 0.05) is 11.8 Å². The quantitative estimate of drug-likeness (QED) is 0.698. The minimum Gasteiger partial charge on any atom is -0.497 e. The summed E-state index contributed by atoms with van der Waals surface area (Å²) < 4.78 is 10.8. The second-order valence-corrected chi connectivity index (χ2v) is 7.16. The number of carbonyl (C=O) groups excluding carboxylic acids is 1. The number of nitrogens with zero attached hydrogens (tertiary/aromatic N) is 1. The normalized spacial score (nSPS) is 15.9. The predicted molar refractivity (Wildman–Crippen MR) is 106 cm³/mol.